The lowest BCUT2D eigenvalue weighted by atomic mass is 10.2. The summed E-state index contributed by atoms with van der Waals surface area (Å²) in [6, 6.07) is 6.74. The van der Waals surface area contributed by atoms with Crippen molar-refractivity contribution in [3.8, 4) is 11.5 Å². The van der Waals surface area contributed by atoms with Crippen molar-refractivity contribution in [2.75, 3.05) is 32.8 Å². The number of carboxylic acids is 1. The molecule has 7 heteroatoms. The minimum atomic E-state index is -0.862. The SMILES string of the molecule is CCOc1ccc(OCCNC(=O)CN2CCC[C@@H]2C(=O)O)cc1. The highest BCUT2D eigenvalue weighted by atomic mass is 16.5. The Kier molecular flexibility index (Phi) is 6.87. The van der Waals surface area contributed by atoms with Gasteiger partial charge in [-0.25, -0.2) is 0 Å². The number of nitrogens with one attached hydrogen (secondary N) is 1. The highest BCUT2D eigenvalue weighted by Crippen LogP contribution is 2.17. The minimum Gasteiger partial charge on any atom is -0.494 e. The molecule has 132 valence electrons. The molecule has 1 aliphatic heterocycles. The van der Waals surface area contributed by atoms with E-state index in [1.807, 2.05) is 31.2 Å². The highest BCUT2D eigenvalue weighted by Gasteiger charge is 2.31. The molecule has 1 heterocycles. The van der Waals surface area contributed by atoms with Crippen LogP contribution in [0.5, 0.6) is 11.5 Å². The summed E-state index contributed by atoms with van der Waals surface area (Å²) in [4.78, 5) is 24.7. The molecule has 0 radical (unpaired) electrons. The summed E-state index contributed by atoms with van der Waals surface area (Å²) in [5.74, 6) is 0.451. The molecule has 1 aromatic carbocycles. The zero-order chi connectivity index (χ0) is 17.4. The summed E-state index contributed by atoms with van der Waals surface area (Å²) in [6.07, 6.45) is 1.41. The minimum absolute atomic E-state index is 0.111. The first-order chi connectivity index (χ1) is 11.6. The lowest BCUT2D eigenvalue weighted by Crippen LogP contribution is -2.43. The van der Waals surface area contributed by atoms with E-state index in [0.717, 1.165) is 12.2 Å². The van der Waals surface area contributed by atoms with E-state index in [1.54, 1.807) is 4.90 Å². The van der Waals surface area contributed by atoms with Crippen molar-refractivity contribution in [1.82, 2.24) is 10.2 Å². The Labute approximate surface area is 141 Å². The van der Waals surface area contributed by atoms with Crippen molar-refractivity contribution in [2.24, 2.45) is 0 Å². The molecule has 1 aliphatic rings. The number of aliphatic carboxylic acids is 1. The molecule has 1 saturated heterocycles. The monoisotopic (exact) mass is 336 g/mol. The Bertz CT molecular complexity index is 546. The van der Waals surface area contributed by atoms with Gasteiger partial charge >= 0.3 is 5.97 Å². The molecule has 1 atom stereocenters. The maximum atomic E-state index is 11.9. The fourth-order valence-corrected chi connectivity index (χ4v) is 2.69. The van der Waals surface area contributed by atoms with E-state index >= 15 is 0 Å². The third-order valence-corrected chi connectivity index (χ3v) is 3.82. The van der Waals surface area contributed by atoms with Gasteiger partial charge in [-0.15, -0.1) is 0 Å². The molecule has 0 saturated carbocycles. The number of carbonyl (C=O) groups excluding carboxylic acids is 1. The molecule has 1 amide bonds. The number of likely N-dealkylation sites (tertiary alicyclic amines) is 1. The predicted molar refractivity (Wildman–Crippen MR) is 88.3 cm³/mol. The summed E-state index contributed by atoms with van der Waals surface area (Å²) in [7, 11) is 0. The standard InChI is InChI=1S/C17H24N2O5/c1-2-23-13-5-7-14(8-6-13)24-11-9-18-16(20)12-19-10-3-4-15(19)17(21)22/h5-8,15H,2-4,9-12H2,1H3,(H,18,20)(H,21,22)/t15-/m1/s1. The van der Waals surface area contributed by atoms with Crippen LogP contribution in [-0.4, -0.2) is 60.8 Å². The molecule has 2 rings (SSSR count). The number of rotatable bonds is 9. The number of carbonyl (C=O) groups is 2. The van der Waals surface area contributed by atoms with Crippen LogP contribution in [-0.2, 0) is 9.59 Å². The maximum absolute atomic E-state index is 11.9. The molecule has 0 aromatic heterocycles. The van der Waals surface area contributed by atoms with Crippen LogP contribution in [0.2, 0.25) is 0 Å². The van der Waals surface area contributed by atoms with Crippen LogP contribution in [0.15, 0.2) is 24.3 Å². The van der Waals surface area contributed by atoms with E-state index in [-0.39, 0.29) is 12.5 Å². The van der Waals surface area contributed by atoms with Gasteiger partial charge in [0.2, 0.25) is 5.91 Å². The largest absolute Gasteiger partial charge is 0.494 e. The number of amides is 1. The van der Waals surface area contributed by atoms with Gasteiger partial charge in [0.1, 0.15) is 24.1 Å². The number of nitrogens with zero attached hydrogens (tertiary/aromatic N) is 1. The lowest BCUT2D eigenvalue weighted by Gasteiger charge is -2.20. The van der Waals surface area contributed by atoms with Crippen LogP contribution < -0.4 is 14.8 Å². The Balaban J connectivity index is 1.64. The Morgan fingerprint density at radius 1 is 1.25 bits per heavy atom. The molecule has 0 spiro atoms. The second-order valence-corrected chi connectivity index (χ2v) is 5.57. The summed E-state index contributed by atoms with van der Waals surface area (Å²) < 4.78 is 10.9. The van der Waals surface area contributed by atoms with E-state index in [1.165, 1.54) is 0 Å². The van der Waals surface area contributed by atoms with Crippen LogP contribution >= 0.6 is 0 Å². The van der Waals surface area contributed by atoms with Crippen LogP contribution in [0.25, 0.3) is 0 Å². The summed E-state index contributed by atoms with van der Waals surface area (Å²) >= 11 is 0. The zero-order valence-electron chi connectivity index (χ0n) is 13.9. The number of ether oxygens (including phenoxy) is 2. The fourth-order valence-electron chi connectivity index (χ4n) is 2.69. The van der Waals surface area contributed by atoms with E-state index in [2.05, 4.69) is 5.32 Å². The lowest BCUT2D eigenvalue weighted by molar-refractivity contribution is -0.142. The predicted octanol–water partition coefficient (Wildman–Crippen LogP) is 1.13. The van der Waals surface area contributed by atoms with Crippen molar-refractivity contribution in [2.45, 2.75) is 25.8 Å². The summed E-state index contributed by atoms with van der Waals surface area (Å²) in [5.41, 5.74) is 0. The Morgan fingerprint density at radius 2 is 1.92 bits per heavy atom. The fraction of sp³-hybridized carbons (Fsp3) is 0.529. The molecular weight excluding hydrogens is 312 g/mol. The molecular formula is C17H24N2O5. The zero-order valence-corrected chi connectivity index (χ0v) is 13.9. The van der Waals surface area contributed by atoms with Crippen LogP contribution in [0.1, 0.15) is 19.8 Å². The normalized spacial score (nSPS) is 17.5. The van der Waals surface area contributed by atoms with E-state index in [4.69, 9.17) is 14.6 Å². The van der Waals surface area contributed by atoms with Crippen LogP contribution in [0.4, 0.5) is 0 Å². The number of hydrogen-bond acceptors (Lipinski definition) is 5. The van der Waals surface area contributed by atoms with Crippen molar-refractivity contribution in [3.05, 3.63) is 24.3 Å². The molecule has 7 nitrogen and oxygen atoms in total. The van der Waals surface area contributed by atoms with Crippen molar-refractivity contribution < 1.29 is 24.2 Å². The van der Waals surface area contributed by atoms with Gasteiger partial charge in [0.15, 0.2) is 0 Å². The van der Waals surface area contributed by atoms with E-state index < -0.39 is 12.0 Å². The van der Waals surface area contributed by atoms with E-state index in [9.17, 15) is 9.59 Å². The van der Waals surface area contributed by atoms with Crippen molar-refractivity contribution >= 4 is 11.9 Å². The van der Waals surface area contributed by atoms with Crippen LogP contribution in [0.3, 0.4) is 0 Å². The van der Waals surface area contributed by atoms with Crippen molar-refractivity contribution in [1.29, 1.82) is 0 Å². The number of hydrogen-bond donors (Lipinski definition) is 2. The topological polar surface area (TPSA) is 88.1 Å². The van der Waals surface area contributed by atoms with Gasteiger partial charge in [-0.1, -0.05) is 0 Å². The van der Waals surface area contributed by atoms with Gasteiger partial charge < -0.3 is 19.9 Å². The van der Waals surface area contributed by atoms with Crippen LogP contribution in [0, 0.1) is 0 Å². The second kappa shape index (κ2) is 9.12. The Morgan fingerprint density at radius 3 is 2.54 bits per heavy atom. The third kappa shape index (κ3) is 5.42. The molecule has 2 N–H and O–H groups in total. The first kappa shape index (κ1) is 18.1. The molecule has 0 aliphatic carbocycles. The number of carboxylic acid groups (broad SMARTS) is 1. The average Bonchev–Trinajstić information content (AvgIpc) is 3.02. The number of benzene rings is 1. The average molecular weight is 336 g/mol. The third-order valence-electron chi connectivity index (χ3n) is 3.82. The molecule has 1 fully saturated rings. The molecule has 0 unspecified atom stereocenters. The van der Waals surface area contributed by atoms with E-state index in [0.29, 0.717) is 38.5 Å². The second-order valence-electron chi connectivity index (χ2n) is 5.57. The molecule has 1 aromatic rings. The van der Waals surface area contributed by atoms with Crippen molar-refractivity contribution in [3.63, 3.8) is 0 Å². The van der Waals surface area contributed by atoms with Gasteiger partial charge in [-0.2, -0.15) is 0 Å². The molecule has 24 heavy (non-hydrogen) atoms. The van der Waals surface area contributed by atoms with Gasteiger partial charge in [0, 0.05) is 0 Å². The quantitative estimate of drug-likeness (QED) is 0.657. The first-order valence-electron chi connectivity index (χ1n) is 8.19. The maximum Gasteiger partial charge on any atom is 0.320 e. The first-order valence-corrected chi connectivity index (χ1v) is 8.19. The summed E-state index contributed by atoms with van der Waals surface area (Å²) in [5, 5.41) is 11.8. The van der Waals surface area contributed by atoms with Gasteiger partial charge in [-0.3, -0.25) is 14.5 Å². The Hall–Kier alpha value is -2.28. The van der Waals surface area contributed by atoms with Gasteiger partial charge in [0.05, 0.1) is 19.7 Å². The smallest absolute Gasteiger partial charge is 0.320 e. The van der Waals surface area contributed by atoms with Gasteiger partial charge in [0.25, 0.3) is 0 Å². The highest BCUT2D eigenvalue weighted by molar-refractivity contribution is 5.80. The summed E-state index contributed by atoms with van der Waals surface area (Å²) in [6.45, 7) is 4.02. The van der Waals surface area contributed by atoms with Gasteiger partial charge in [-0.05, 0) is 50.6 Å². The molecule has 0 bridgehead atoms.